The molecule has 0 saturated carbocycles. The van der Waals surface area contributed by atoms with Crippen LogP contribution in [0, 0.1) is 6.92 Å². The molecular weight excluding hydrogens is 282 g/mol. The van der Waals surface area contributed by atoms with E-state index >= 15 is 0 Å². The molecule has 2 aromatic rings. The van der Waals surface area contributed by atoms with E-state index < -0.39 is 5.97 Å². The molecule has 5 heteroatoms. The summed E-state index contributed by atoms with van der Waals surface area (Å²) in [5, 5.41) is 19.3. The van der Waals surface area contributed by atoms with E-state index in [4.69, 9.17) is 9.52 Å². The van der Waals surface area contributed by atoms with E-state index in [0.717, 1.165) is 6.54 Å². The van der Waals surface area contributed by atoms with Crippen molar-refractivity contribution in [2.45, 2.75) is 20.4 Å². The molecule has 0 spiro atoms. The Morgan fingerprint density at radius 1 is 1.36 bits per heavy atom. The van der Waals surface area contributed by atoms with E-state index in [0.29, 0.717) is 17.1 Å². The third kappa shape index (κ3) is 5.55. The van der Waals surface area contributed by atoms with Crippen LogP contribution in [0.2, 0.25) is 0 Å². The van der Waals surface area contributed by atoms with Crippen molar-refractivity contribution in [1.82, 2.24) is 0 Å². The van der Waals surface area contributed by atoms with Gasteiger partial charge in [0.25, 0.3) is 0 Å². The molecule has 2 rings (SSSR count). The number of aliphatic hydroxyl groups excluding tert-OH is 1. The Kier molecular flexibility index (Phi) is 7.08. The Hall–Kier alpha value is -2.37. The maximum atomic E-state index is 10.5. The summed E-state index contributed by atoms with van der Waals surface area (Å²) in [5.41, 5.74) is 5.80. The average Bonchev–Trinajstić information content (AvgIpc) is 2.89. The van der Waals surface area contributed by atoms with E-state index in [1.54, 1.807) is 19.9 Å². The van der Waals surface area contributed by atoms with Crippen LogP contribution in [0.15, 0.2) is 46.4 Å². The summed E-state index contributed by atoms with van der Waals surface area (Å²) < 4.78 is 5.14. The highest BCUT2D eigenvalue weighted by Crippen LogP contribution is 2.16. The van der Waals surface area contributed by atoms with Crippen LogP contribution in [-0.4, -0.2) is 17.7 Å². The summed E-state index contributed by atoms with van der Waals surface area (Å²) in [7, 11) is 0. The van der Waals surface area contributed by atoms with Crippen molar-refractivity contribution >= 4 is 12.0 Å². The maximum absolute atomic E-state index is 10.5. The molecule has 1 aromatic carbocycles. The monoisotopic (exact) mass is 303 g/mol. The molecule has 0 aliphatic rings. The Morgan fingerprint density at radius 2 is 2.00 bits per heavy atom. The fourth-order valence-electron chi connectivity index (χ4n) is 1.71. The zero-order chi connectivity index (χ0) is 16.5. The number of quaternary nitrogens is 1. The first kappa shape index (κ1) is 17.7. The van der Waals surface area contributed by atoms with Crippen LogP contribution in [0.1, 0.15) is 34.4 Å². The summed E-state index contributed by atoms with van der Waals surface area (Å²) in [4.78, 5) is 10.5. The van der Waals surface area contributed by atoms with E-state index in [1.165, 1.54) is 11.6 Å². The third-order valence-corrected chi connectivity index (χ3v) is 2.93. The van der Waals surface area contributed by atoms with Gasteiger partial charge in [0.05, 0.1) is 19.1 Å². The van der Waals surface area contributed by atoms with Crippen molar-refractivity contribution in [1.29, 1.82) is 0 Å². The summed E-state index contributed by atoms with van der Waals surface area (Å²) in [5.74, 6) is -0.539. The van der Waals surface area contributed by atoms with Crippen molar-refractivity contribution in [3.8, 4) is 0 Å². The number of hydrogen-bond donors (Lipinski definition) is 2. The highest BCUT2D eigenvalue weighted by atomic mass is 16.4. The molecule has 0 atom stereocenters. The Morgan fingerprint density at radius 3 is 2.41 bits per heavy atom. The van der Waals surface area contributed by atoms with Gasteiger partial charge in [-0.2, -0.15) is 0 Å². The Bertz CT molecular complexity index is 629. The van der Waals surface area contributed by atoms with Crippen LogP contribution in [0.5, 0.6) is 0 Å². The molecule has 0 bridgehead atoms. The van der Waals surface area contributed by atoms with Crippen LogP contribution in [0.4, 0.5) is 0 Å². The van der Waals surface area contributed by atoms with Crippen LogP contribution in [-0.2, 0) is 6.54 Å². The zero-order valence-electron chi connectivity index (χ0n) is 12.8. The van der Waals surface area contributed by atoms with Gasteiger partial charge in [-0.3, -0.25) is 0 Å². The number of carbonyl (C=O) groups excluding carboxylic acids is 1. The molecule has 22 heavy (non-hydrogen) atoms. The molecule has 0 saturated heterocycles. The van der Waals surface area contributed by atoms with Crippen molar-refractivity contribution < 1.29 is 25.2 Å². The van der Waals surface area contributed by atoms with Crippen LogP contribution in [0.25, 0.3) is 6.08 Å². The van der Waals surface area contributed by atoms with Crippen LogP contribution >= 0.6 is 0 Å². The second-order valence-electron chi connectivity index (χ2n) is 4.79. The van der Waals surface area contributed by atoms with Gasteiger partial charge in [0.15, 0.2) is 0 Å². The molecule has 1 heterocycles. The van der Waals surface area contributed by atoms with Gasteiger partial charge in [-0.05, 0) is 31.6 Å². The molecule has 5 nitrogen and oxygen atoms in total. The third-order valence-electron chi connectivity index (χ3n) is 2.93. The van der Waals surface area contributed by atoms with E-state index in [2.05, 4.69) is 17.9 Å². The second-order valence-corrected chi connectivity index (χ2v) is 4.79. The molecular formula is C17H21NO4. The Balaban J connectivity index is 0.000000255. The summed E-state index contributed by atoms with van der Waals surface area (Å²) in [6.45, 7) is 4.08. The second kappa shape index (κ2) is 8.81. The minimum Gasteiger partial charge on any atom is -0.545 e. The van der Waals surface area contributed by atoms with Gasteiger partial charge in [-0.15, -0.1) is 0 Å². The van der Waals surface area contributed by atoms with E-state index in [1.807, 2.05) is 18.2 Å². The molecule has 0 radical (unpaired) electrons. The summed E-state index contributed by atoms with van der Waals surface area (Å²) in [6, 6.07) is 11.6. The lowest BCUT2D eigenvalue weighted by Crippen LogP contribution is -2.47. The number of aliphatic hydroxyl groups is 1. The lowest BCUT2D eigenvalue weighted by molar-refractivity contribution is -0.386. The molecule has 4 N–H and O–H groups in total. The average molecular weight is 303 g/mol. The van der Waals surface area contributed by atoms with Crippen molar-refractivity contribution in [2.75, 3.05) is 6.61 Å². The quantitative estimate of drug-likeness (QED) is 0.871. The smallest absolute Gasteiger partial charge is 0.127 e. The minimum absolute atomic E-state index is 0.0435. The van der Waals surface area contributed by atoms with Gasteiger partial charge in [0.1, 0.15) is 11.5 Å². The summed E-state index contributed by atoms with van der Waals surface area (Å²) in [6.07, 6.45) is 1.58. The molecule has 118 valence electrons. The standard InChI is InChI=1S/C10H12O4.C7H9N/c1-6(5-11)3-8-4-9(10(12)13)7(2)14-8;8-6-7-4-2-1-3-5-7/h3-4,11H,5H2,1-2H3,(H,12,13);1-5H,6,8H2/b6-3+;. The molecule has 1 aromatic heterocycles. The zero-order valence-corrected chi connectivity index (χ0v) is 12.8. The summed E-state index contributed by atoms with van der Waals surface area (Å²) >= 11 is 0. The SMILES string of the molecule is C/C(=C\c1cc(C(=O)[O-])c(C)o1)CO.[NH3+]Cc1ccccc1. The van der Waals surface area contributed by atoms with Crippen molar-refractivity contribution in [2.24, 2.45) is 0 Å². The first-order chi connectivity index (χ1) is 10.5. The lowest BCUT2D eigenvalue weighted by Gasteiger charge is -1.95. The molecule has 0 unspecified atom stereocenters. The number of aromatic carboxylic acids is 1. The predicted molar refractivity (Wildman–Crippen MR) is 81.5 cm³/mol. The minimum atomic E-state index is -1.26. The number of hydrogen-bond acceptors (Lipinski definition) is 4. The number of aryl methyl sites for hydroxylation is 1. The van der Waals surface area contributed by atoms with E-state index in [9.17, 15) is 9.90 Å². The Labute approximate surface area is 129 Å². The van der Waals surface area contributed by atoms with Gasteiger partial charge in [-0.25, -0.2) is 0 Å². The first-order valence-electron chi connectivity index (χ1n) is 6.91. The highest BCUT2D eigenvalue weighted by Gasteiger charge is 2.06. The number of carbonyl (C=O) groups is 1. The lowest BCUT2D eigenvalue weighted by atomic mass is 10.2. The van der Waals surface area contributed by atoms with Gasteiger partial charge in [0.2, 0.25) is 0 Å². The van der Waals surface area contributed by atoms with Crippen molar-refractivity contribution in [3.05, 3.63) is 64.6 Å². The maximum Gasteiger partial charge on any atom is 0.127 e. The molecule has 0 amide bonds. The topological polar surface area (TPSA) is 101 Å². The first-order valence-corrected chi connectivity index (χ1v) is 6.91. The van der Waals surface area contributed by atoms with Gasteiger partial charge in [0, 0.05) is 11.1 Å². The van der Waals surface area contributed by atoms with Gasteiger partial charge in [-0.1, -0.05) is 30.3 Å². The normalized spacial score (nSPS) is 10.8. The number of furan rings is 1. The largest absolute Gasteiger partial charge is 0.545 e. The molecule has 0 aliphatic carbocycles. The number of carboxylic acid groups (broad SMARTS) is 1. The van der Waals surface area contributed by atoms with Crippen LogP contribution in [0.3, 0.4) is 0 Å². The fourth-order valence-corrected chi connectivity index (χ4v) is 1.71. The van der Waals surface area contributed by atoms with Crippen LogP contribution < -0.4 is 10.8 Å². The fraction of sp³-hybridized carbons (Fsp3) is 0.235. The van der Waals surface area contributed by atoms with Gasteiger partial charge >= 0.3 is 0 Å². The van der Waals surface area contributed by atoms with E-state index in [-0.39, 0.29) is 12.2 Å². The van der Waals surface area contributed by atoms with Crippen molar-refractivity contribution in [3.63, 3.8) is 0 Å². The number of carboxylic acids is 1. The van der Waals surface area contributed by atoms with Gasteiger partial charge < -0.3 is 25.2 Å². The number of rotatable bonds is 4. The number of benzene rings is 1. The molecule has 0 fully saturated rings. The predicted octanol–water partition coefficient (Wildman–Crippen LogP) is 0.776. The highest BCUT2D eigenvalue weighted by molar-refractivity contribution is 5.87. The molecule has 0 aliphatic heterocycles.